The van der Waals surface area contributed by atoms with Crippen molar-refractivity contribution in [3.8, 4) is 102 Å². The first-order chi connectivity index (χ1) is 33.7. The van der Waals surface area contributed by atoms with Crippen LogP contribution in [0.25, 0.3) is 90.6 Å². The molecule has 68 heavy (non-hydrogen) atoms. The summed E-state index contributed by atoms with van der Waals surface area (Å²) in [5, 5.41) is 0. The van der Waals surface area contributed by atoms with Crippen LogP contribution in [0.15, 0.2) is 231 Å². The van der Waals surface area contributed by atoms with Gasteiger partial charge in [0, 0.05) is 44.5 Å². The fraction of sp³-hybridized carbons (Fsp3) is 0.0164. The molecule has 1 spiro atoms. The molecule has 0 amide bonds. The lowest BCUT2D eigenvalue weighted by Gasteiger charge is -2.39. The second-order valence-corrected chi connectivity index (χ2v) is 17.0. The third kappa shape index (κ3) is 6.51. The maximum Gasteiger partial charge on any atom is 0.164 e. The topological polar surface area (TPSA) is 86.6 Å². The first kappa shape index (κ1) is 39.2. The number of nitrogens with zero attached hydrogens (tertiary/aromatic N) is 6. The van der Waals surface area contributed by atoms with Gasteiger partial charge in [-0.15, -0.1) is 0 Å². The molecule has 1 aliphatic heterocycles. The zero-order chi connectivity index (χ0) is 45.0. The molecule has 7 heteroatoms. The maximum atomic E-state index is 6.67. The van der Waals surface area contributed by atoms with Crippen LogP contribution in [0.2, 0.25) is 0 Å². The van der Waals surface area contributed by atoms with Gasteiger partial charge < -0.3 is 4.74 Å². The van der Waals surface area contributed by atoms with Crippen LogP contribution in [0.5, 0.6) is 11.5 Å². The Morgan fingerprint density at radius 1 is 0.235 bits per heavy atom. The average Bonchev–Trinajstić information content (AvgIpc) is 3.71. The van der Waals surface area contributed by atoms with Gasteiger partial charge >= 0.3 is 0 Å². The zero-order valence-corrected chi connectivity index (χ0v) is 36.5. The molecule has 0 saturated carbocycles. The van der Waals surface area contributed by atoms with Crippen LogP contribution in [-0.4, -0.2) is 29.9 Å². The number of ether oxygens (including phenoxy) is 1. The summed E-state index contributed by atoms with van der Waals surface area (Å²) >= 11 is 0. The molecule has 0 fully saturated rings. The number of para-hydroxylation sites is 2. The van der Waals surface area contributed by atoms with Gasteiger partial charge in [0.25, 0.3) is 0 Å². The van der Waals surface area contributed by atoms with Gasteiger partial charge in [-0.05, 0) is 69.8 Å². The minimum Gasteiger partial charge on any atom is -0.457 e. The van der Waals surface area contributed by atoms with E-state index in [1.54, 1.807) is 0 Å². The van der Waals surface area contributed by atoms with Gasteiger partial charge in [-0.1, -0.05) is 194 Å². The lowest BCUT2D eigenvalue weighted by molar-refractivity contribution is 0.436. The highest BCUT2D eigenvalue weighted by molar-refractivity contribution is 5.91. The van der Waals surface area contributed by atoms with E-state index in [1.807, 2.05) is 133 Å². The molecule has 0 N–H and O–H groups in total. The number of hydrogen-bond acceptors (Lipinski definition) is 7. The molecule has 3 heterocycles. The maximum absolute atomic E-state index is 6.67. The molecule has 0 atom stereocenters. The van der Waals surface area contributed by atoms with Crippen molar-refractivity contribution in [3.05, 3.63) is 253 Å². The summed E-state index contributed by atoms with van der Waals surface area (Å²) in [6.45, 7) is 0. The third-order valence-electron chi connectivity index (χ3n) is 13.0. The van der Waals surface area contributed by atoms with Crippen LogP contribution >= 0.6 is 0 Å². The van der Waals surface area contributed by atoms with Crippen LogP contribution in [-0.2, 0) is 5.41 Å². The molecular formula is C61H38N6O. The number of benzene rings is 9. The highest BCUT2D eigenvalue weighted by Crippen LogP contribution is 2.62. The predicted octanol–water partition coefficient (Wildman–Crippen LogP) is 14.2. The second-order valence-electron chi connectivity index (χ2n) is 17.0. The summed E-state index contributed by atoms with van der Waals surface area (Å²) in [7, 11) is 0. The van der Waals surface area contributed by atoms with Crippen molar-refractivity contribution in [2.24, 2.45) is 0 Å². The Morgan fingerprint density at radius 3 is 1.01 bits per heavy atom. The summed E-state index contributed by atoms with van der Waals surface area (Å²) in [4.78, 5) is 30.9. The van der Waals surface area contributed by atoms with E-state index in [9.17, 15) is 0 Å². The fourth-order valence-corrected chi connectivity index (χ4v) is 9.96. The molecule has 11 aromatic rings. The summed E-state index contributed by atoms with van der Waals surface area (Å²) < 4.78 is 6.67. The van der Waals surface area contributed by atoms with Crippen LogP contribution in [0, 0.1) is 0 Å². The molecule has 1 aliphatic carbocycles. The summed E-state index contributed by atoms with van der Waals surface area (Å²) in [5.74, 6) is 5.06. The van der Waals surface area contributed by atoms with Crippen molar-refractivity contribution < 1.29 is 4.74 Å². The summed E-state index contributed by atoms with van der Waals surface area (Å²) in [5.41, 5.74) is 13.5. The van der Waals surface area contributed by atoms with Gasteiger partial charge in [0.15, 0.2) is 34.9 Å². The van der Waals surface area contributed by atoms with E-state index in [2.05, 4.69) is 97.1 Å². The van der Waals surface area contributed by atoms with Crippen LogP contribution in [0.4, 0.5) is 0 Å². The van der Waals surface area contributed by atoms with Crippen LogP contribution in [0.3, 0.4) is 0 Å². The van der Waals surface area contributed by atoms with Crippen molar-refractivity contribution in [3.63, 3.8) is 0 Å². The highest BCUT2D eigenvalue weighted by Gasteiger charge is 2.51. The van der Waals surface area contributed by atoms with Crippen molar-refractivity contribution in [2.45, 2.75) is 5.41 Å². The largest absolute Gasteiger partial charge is 0.457 e. The first-order valence-electron chi connectivity index (χ1n) is 22.7. The number of rotatable bonds is 7. The Morgan fingerprint density at radius 2 is 0.574 bits per heavy atom. The van der Waals surface area contributed by atoms with E-state index in [1.165, 1.54) is 22.3 Å². The van der Waals surface area contributed by atoms with Gasteiger partial charge in [-0.3, -0.25) is 0 Å². The van der Waals surface area contributed by atoms with Gasteiger partial charge in [-0.25, -0.2) is 29.9 Å². The molecule has 318 valence electrons. The average molecular weight is 871 g/mol. The third-order valence-corrected chi connectivity index (χ3v) is 13.0. The minimum absolute atomic E-state index is 0.527. The molecule has 13 rings (SSSR count). The van der Waals surface area contributed by atoms with Crippen LogP contribution in [0.1, 0.15) is 22.3 Å². The lowest BCUT2D eigenvalue weighted by Crippen LogP contribution is -2.32. The Balaban J connectivity index is 1.08. The standard InChI is InChI=1S/C61H38N6O/c1-5-19-39(20-6-1)55-62-56(40-21-7-2-8-22-40)65-59(64-55)45-35-44(36-46(37-45)60-66-57(41-23-9-3-10-24-41)63-58(67-60)42-25-11-4-12-26-42)43-33-34-48-47-27-13-14-28-49(47)61(52(48)38-43)50-29-15-17-31-53(50)68-54-32-18-16-30-51(54)61/h1-38H. The van der Waals surface area contributed by atoms with E-state index < -0.39 is 5.41 Å². The van der Waals surface area contributed by atoms with Crippen molar-refractivity contribution in [1.82, 2.24) is 29.9 Å². The molecule has 0 saturated heterocycles. The Bertz CT molecular complexity index is 3410. The first-order valence-corrected chi connectivity index (χ1v) is 22.7. The summed E-state index contributed by atoms with van der Waals surface area (Å²) in [6.07, 6.45) is 0. The predicted molar refractivity (Wildman–Crippen MR) is 269 cm³/mol. The molecule has 9 aromatic carbocycles. The molecule has 0 unspecified atom stereocenters. The second kappa shape index (κ2) is 16.0. The smallest absolute Gasteiger partial charge is 0.164 e. The van der Waals surface area contributed by atoms with E-state index in [-0.39, 0.29) is 0 Å². The fourth-order valence-electron chi connectivity index (χ4n) is 9.96. The number of hydrogen-bond donors (Lipinski definition) is 0. The highest BCUT2D eigenvalue weighted by atomic mass is 16.5. The van der Waals surface area contributed by atoms with Gasteiger partial charge in [0.1, 0.15) is 11.5 Å². The number of fused-ring (bicyclic) bond motifs is 9. The normalized spacial score (nSPS) is 12.6. The SMILES string of the molecule is c1ccc(-c2nc(-c3ccccc3)nc(-c3cc(-c4ccc5c(c4)C4(c6ccccc6Oc6ccccc64)c4ccccc4-5)cc(-c4nc(-c5ccccc5)nc(-c5ccccc5)n4)c3)n2)cc1. The molecule has 0 bridgehead atoms. The monoisotopic (exact) mass is 870 g/mol. The molecular weight excluding hydrogens is 833 g/mol. The summed E-state index contributed by atoms with van der Waals surface area (Å²) in [6, 6.07) is 79.3. The molecule has 2 aliphatic rings. The Labute approximate surface area is 393 Å². The van der Waals surface area contributed by atoms with E-state index >= 15 is 0 Å². The van der Waals surface area contributed by atoms with Gasteiger partial charge in [0.05, 0.1) is 5.41 Å². The van der Waals surface area contributed by atoms with E-state index in [0.717, 1.165) is 67.1 Å². The molecule has 0 radical (unpaired) electrons. The van der Waals surface area contributed by atoms with E-state index in [0.29, 0.717) is 34.9 Å². The molecule has 7 nitrogen and oxygen atoms in total. The van der Waals surface area contributed by atoms with Crippen LogP contribution < -0.4 is 4.74 Å². The molecule has 2 aromatic heterocycles. The van der Waals surface area contributed by atoms with Crippen molar-refractivity contribution in [2.75, 3.05) is 0 Å². The zero-order valence-electron chi connectivity index (χ0n) is 36.5. The van der Waals surface area contributed by atoms with Crippen molar-refractivity contribution >= 4 is 0 Å². The van der Waals surface area contributed by atoms with Gasteiger partial charge in [-0.2, -0.15) is 0 Å². The van der Waals surface area contributed by atoms with Gasteiger partial charge in [0.2, 0.25) is 0 Å². The Kier molecular flexibility index (Phi) is 9.25. The minimum atomic E-state index is -0.638. The Hall–Kier alpha value is -9.20. The lowest BCUT2D eigenvalue weighted by atomic mass is 9.66. The van der Waals surface area contributed by atoms with Crippen molar-refractivity contribution in [1.29, 1.82) is 0 Å². The quantitative estimate of drug-likeness (QED) is 0.158. The number of aromatic nitrogens is 6. The van der Waals surface area contributed by atoms with E-state index in [4.69, 9.17) is 34.6 Å².